The van der Waals surface area contributed by atoms with E-state index < -0.39 is 27.9 Å². The summed E-state index contributed by atoms with van der Waals surface area (Å²) in [5.74, 6) is -1.38. The van der Waals surface area contributed by atoms with Crippen molar-refractivity contribution in [2.75, 3.05) is 16.8 Å². The van der Waals surface area contributed by atoms with Crippen LogP contribution in [-0.4, -0.2) is 43.0 Å². The van der Waals surface area contributed by atoms with Gasteiger partial charge in [0.2, 0.25) is 21.8 Å². The molecule has 1 saturated heterocycles. The van der Waals surface area contributed by atoms with Crippen LogP contribution in [0.2, 0.25) is 0 Å². The summed E-state index contributed by atoms with van der Waals surface area (Å²) in [6.07, 6.45) is 1.11. The number of carbonyl (C=O) groups is 3. The lowest BCUT2D eigenvalue weighted by atomic mass is 10.2. The summed E-state index contributed by atoms with van der Waals surface area (Å²) in [6.45, 7) is 4.84. The minimum atomic E-state index is -4.01. The molecule has 0 bridgehead atoms. The molecule has 3 rings (SSSR count). The van der Waals surface area contributed by atoms with E-state index in [0.717, 1.165) is 9.21 Å². The second-order valence-corrected chi connectivity index (χ2v) is 8.58. The lowest BCUT2D eigenvalue weighted by molar-refractivity contribution is -0.122. The highest BCUT2D eigenvalue weighted by Gasteiger charge is 2.46. The molecule has 9 heteroatoms. The Kier molecular flexibility index (Phi) is 6.14. The van der Waals surface area contributed by atoms with Crippen molar-refractivity contribution in [3.63, 3.8) is 0 Å². The molecule has 1 aliphatic heterocycles. The number of imide groups is 1. The van der Waals surface area contributed by atoms with Crippen molar-refractivity contribution >= 4 is 39.1 Å². The van der Waals surface area contributed by atoms with Crippen molar-refractivity contribution in [2.24, 2.45) is 0 Å². The van der Waals surface area contributed by atoms with Crippen LogP contribution in [0.5, 0.6) is 0 Å². The number of benzene rings is 2. The highest BCUT2D eigenvalue weighted by Crippen LogP contribution is 2.29. The molecule has 1 N–H and O–H groups in total. The third-order valence-electron chi connectivity index (χ3n) is 4.58. The Morgan fingerprint density at radius 3 is 2.37 bits per heavy atom. The van der Waals surface area contributed by atoms with Gasteiger partial charge in [0, 0.05) is 19.2 Å². The molecule has 1 unspecified atom stereocenters. The normalized spacial score (nSPS) is 16.7. The highest BCUT2D eigenvalue weighted by molar-refractivity contribution is 7.89. The molecular formula is C21H21N3O5S. The van der Waals surface area contributed by atoms with E-state index in [2.05, 4.69) is 11.9 Å². The molecule has 0 aromatic heterocycles. The molecular weight excluding hydrogens is 406 g/mol. The van der Waals surface area contributed by atoms with E-state index in [0.29, 0.717) is 11.4 Å². The fourth-order valence-corrected chi connectivity index (χ4v) is 4.83. The van der Waals surface area contributed by atoms with Gasteiger partial charge in [0.05, 0.1) is 17.0 Å². The number of carbonyl (C=O) groups excluding carboxylic acids is 3. The molecule has 2 aromatic rings. The second-order valence-electron chi connectivity index (χ2n) is 6.69. The molecule has 1 atom stereocenters. The van der Waals surface area contributed by atoms with Crippen LogP contribution in [0.25, 0.3) is 0 Å². The van der Waals surface area contributed by atoms with Gasteiger partial charge < -0.3 is 5.32 Å². The largest absolute Gasteiger partial charge is 0.326 e. The molecule has 1 fully saturated rings. The molecule has 0 saturated carbocycles. The van der Waals surface area contributed by atoms with E-state index in [4.69, 9.17) is 0 Å². The summed E-state index contributed by atoms with van der Waals surface area (Å²) < 4.78 is 27.2. The number of nitrogens with zero attached hydrogens (tertiary/aromatic N) is 2. The van der Waals surface area contributed by atoms with Crippen LogP contribution in [0.3, 0.4) is 0 Å². The van der Waals surface area contributed by atoms with E-state index in [1.54, 1.807) is 30.3 Å². The molecule has 156 valence electrons. The van der Waals surface area contributed by atoms with Gasteiger partial charge in [0.1, 0.15) is 6.04 Å². The number of hydrogen-bond donors (Lipinski definition) is 1. The van der Waals surface area contributed by atoms with Crippen molar-refractivity contribution in [2.45, 2.75) is 24.3 Å². The number of hydrogen-bond acceptors (Lipinski definition) is 5. The first kappa shape index (κ1) is 21.4. The van der Waals surface area contributed by atoms with E-state index >= 15 is 0 Å². The predicted molar refractivity (Wildman–Crippen MR) is 112 cm³/mol. The van der Waals surface area contributed by atoms with Gasteiger partial charge in [0.25, 0.3) is 5.91 Å². The Hall–Kier alpha value is -3.30. The first-order chi connectivity index (χ1) is 14.3. The van der Waals surface area contributed by atoms with Crippen LogP contribution in [0.1, 0.15) is 13.3 Å². The third-order valence-corrected chi connectivity index (χ3v) is 6.46. The van der Waals surface area contributed by atoms with Gasteiger partial charge in [0.15, 0.2) is 0 Å². The van der Waals surface area contributed by atoms with Crippen LogP contribution in [0.4, 0.5) is 11.4 Å². The number of rotatable bonds is 7. The smallest absolute Gasteiger partial charge is 0.252 e. The van der Waals surface area contributed by atoms with Crippen LogP contribution in [0, 0.1) is 0 Å². The molecule has 0 spiro atoms. The first-order valence-electron chi connectivity index (χ1n) is 9.18. The molecule has 1 heterocycles. The second kappa shape index (κ2) is 8.60. The van der Waals surface area contributed by atoms with Crippen LogP contribution < -0.4 is 10.2 Å². The lowest BCUT2D eigenvalue weighted by Crippen LogP contribution is -2.45. The van der Waals surface area contributed by atoms with Crippen molar-refractivity contribution in [3.8, 4) is 0 Å². The Balaban J connectivity index is 1.91. The van der Waals surface area contributed by atoms with Crippen LogP contribution in [0.15, 0.2) is 72.1 Å². The number of amides is 3. The van der Waals surface area contributed by atoms with Crippen molar-refractivity contribution in [1.82, 2.24) is 4.31 Å². The van der Waals surface area contributed by atoms with Crippen molar-refractivity contribution in [3.05, 3.63) is 67.3 Å². The maximum Gasteiger partial charge on any atom is 0.252 e. The Labute approximate surface area is 174 Å². The summed E-state index contributed by atoms with van der Waals surface area (Å²) in [5, 5.41) is 2.60. The van der Waals surface area contributed by atoms with E-state index in [1.807, 2.05) is 0 Å². The number of sulfonamides is 1. The Morgan fingerprint density at radius 1 is 1.17 bits per heavy atom. The SMILES string of the molecule is C=CCN(C1CC(=O)N(c2ccc(NC(C)=O)cc2)C1=O)S(=O)(=O)c1ccccc1. The van der Waals surface area contributed by atoms with Gasteiger partial charge in [-0.05, 0) is 36.4 Å². The maximum absolute atomic E-state index is 13.1. The fourth-order valence-electron chi connectivity index (χ4n) is 3.26. The predicted octanol–water partition coefficient (Wildman–Crippen LogP) is 2.15. The molecule has 0 aliphatic carbocycles. The van der Waals surface area contributed by atoms with Crippen molar-refractivity contribution < 1.29 is 22.8 Å². The van der Waals surface area contributed by atoms with Gasteiger partial charge in [-0.25, -0.2) is 13.3 Å². The topological polar surface area (TPSA) is 104 Å². The monoisotopic (exact) mass is 427 g/mol. The fraction of sp³-hybridized carbons (Fsp3) is 0.190. The molecule has 3 amide bonds. The highest BCUT2D eigenvalue weighted by atomic mass is 32.2. The Morgan fingerprint density at radius 2 is 1.80 bits per heavy atom. The standard InChI is InChI=1S/C21H21N3O5S/c1-3-13-23(30(28,29)18-7-5-4-6-8-18)19-14-20(26)24(21(19)27)17-11-9-16(10-12-17)22-15(2)25/h3-12,19H,1,13-14H2,2H3,(H,22,25). The van der Waals surface area contributed by atoms with Crippen LogP contribution >= 0.6 is 0 Å². The first-order valence-corrected chi connectivity index (χ1v) is 10.6. The minimum Gasteiger partial charge on any atom is -0.326 e. The maximum atomic E-state index is 13.1. The van der Waals surface area contributed by atoms with E-state index in [-0.39, 0.29) is 23.8 Å². The van der Waals surface area contributed by atoms with Gasteiger partial charge in [-0.1, -0.05) is 24.3 Å². The van der Waals surface area contributed by atoms with Crippen LogP contribution in [-0.2, 0) is 24.4 Å². The third kappa shape index (κ3) is 4.17. The molecule has 1 aliphatic rings. The Bertz CT molecular complexity index is 1080. The zero-order valence-corrected chi connectivity index (χ0v) is 17.1. The summed E-state index contributed by atoms with van der Waals surface area (Å²) in [5.41, 5.74) is 0.819. The summed E-state index contributed by atoms with van der Waals surface area (Å²) in [4.78, 5) is 37.8. The molecule has 2 aromatic carbocycles. The zero-order chi connectivity index (χ0) is 21.9. The minimum absolute atomic E-state index is 0.0326. The van der Waals surface area contributed by atoms with Gasteiger partial charge >= 0.3 is 0 Å². The van der Waals surface area contributed by atoms with E-state index in [1.165, 1.54) is 37.3 Å². The van der Waals surface area contributed by atoms with Gasteiger partial charge in [-0.15, -0.1) is 6.58 Å². The number of nitrogens with one attached hydrogen (secondary N) is 1. The lowest BCUT2D eigenvalue weighted by Gasteiger charge is -2.25. The summed E-state index contributed by atoms with van der Waals surface area (Å²) in [7, 11) is -4.01. The van der Waals surface area contributed by atoms with Crippen molar-refractivity contribution in [1.29, 1.82) is 0 Å². The average Bonchev–Trinajstić information content (AvgIpc) is 3.00. The number of anilines is 2. The summed E-state index contributed by atoms with van der Waals surface area (Å²) in [6, 6.07) is 12.7. The summed E-state index contributed by atoms with van der Waals surface area (Å²) >= 11 is 0. The van der Waals surface area contributed by atoms with E-state index in [9.17, 15) is 22.8 Å². The van der Waals surface area contributed by atoms with Gasteiger partial charge in [-0.3, -0.25) is 14.4 Å². The molecule has 0 radical (unpaired) electrons. The average molecular weight is 427 g/mol. The van der Waals surface area contributed by atoms with Gasteiger partial charge in [-0.2, -0.15) is 4.31 Å². The molecule has 8 nitrogen and oxygen atoms in total. The quantitative estimate of drug-likeness (QED) is 0.539. The molecule has 30 heavy (non-hydrogen) atoms. The zero-order valence-electron chi connectivity index (χ0n) is 16.3.